The lowest BCUT2D eigenvalue weighted by molar-refractivity contribution is 0.0994. The minimum absolute atomic E-state index is 0.0161. The first-order valence-corrected chi connectivity index (χ1v) is 8.45. The topological polar surface area (TPSA) is 139 Å². The van der Waals surface area contributed by atoms with Crippen molar-refractivity contribution in [2.75, 3.05) is 5.32 Å². The highest BCUT2D eigenvalue weighted by Crippen LogP contribution is 2.24. The number of aromatic nitrogens is 5. The van der Waals surface area contributed by atoms with Gasteiger partial charge in [-0.15, -0.1) is 5.10 Å². The summed E-state index contributed by atoms with van der Waals surface area (Å²) in [6, 6.07) is 3.94. The number of carbonyl (C=O) groups excluding carboxylic acids is 1. The maximum absolute atomic E-state index is 14.4. The normalized spacial score (nSPS) is 11.1. The number of nitrogens with zero attached hydrogens (tertiary/aromatic N) is 5. The van der Waals surface area contributed by atoms with Crippen molar-refractivity contribution in [2.24, 2.45) is 0 Å². The van der Waals surface area contributed by atoms with Gasteiger partial charge >= 0.3 is 7.12 Å². The van der Waals surface area contributed by atoms with Gasteiger partial charge in [0.1, 0.15) is 5.82 Å². The van der Waals surface area contributed by atoms with Crippen molar-refractivity contribution in [2.45, 2.75) is 13.8 Å². The Balaban J connectivity index is 1.67. The van der Waals surface area contributed by atoms with E-state index in [9.17, 15) is 19.2 Å². The van der Waals surface area contributed by atoms with Gasteiger partial charge in [-0.25, -0.2) is 18.9 Å². The number of fused-ring (bicyclic) bond motifs is 1. The van der Waals surface area contributed by atoms with Gasteiger partial charge in [0.15, 0.2) is 11.7 Å². The largest absolute Gasteiger partial charge is 0.491 e. The first kappa shape index (κ1) is 18.7. The van der Waals surface area contributed by atoms with E-state index in [0.29, 0.717) is 17.3 Å². The number of hydrogen-bond donors (Lipinski definition) is 3. The van der Waals surface area contributed by atoms with Gasteiger partial charge in [0.25, 0.3) is 11.7 Å². The van der Waals surface area contributed by atoms with Crippen LogP contribution in [0.5, 0.6) is 0 Å². The zero-order valence-electron chi connectivity index (χ0n) is 15.3. The van der Waals surface area contributed by atoms with E-state index in [-0.39, 0.29) is 28.4 Å². The van der Waals surface area contributed by atoms with Crippen LogP contribution in [0.15, 0.2) is 35.0 Å². The molecule has 0 fully saturated rings. The number of aryl methyl sites for hydroxylation is 2. The van der Waals surface area contributed by atoms with E-state index >= 15 is 0 Å². The molecule has 0 unspecified atom stereocenters. The molecule has 0 aliphatic heterocycles. The Kier molecular flexibility index (Phi) is 4.56. The Bertz CT molecular complexity index is 1240. The standard InChI is InChI=1S/C17H14BFN6O4/c1-8-14(29-9(2)21-8)16(26)22-11-3-4-13(19)12(5-11)15-23-17-20-6-10(18(27)28)7-25(17)24-15/h3-7,27-28H,1-2H3,(H,22,26). The number of hydrogen-bond acceptors (Lipinski definition) is 8. The lowest BCUT2D eigenvalue weighted by Gasteiger charge is -2.06. The van der Waals surface area contributed by atoms with Crippen LogP contribution in [-0.4, -0.2) is 47.6 Å². The van der Waals surface area contributed by atoms with Gasteiger partial charge in [-0.2, -0.15) is 4.98 Å². The van der Waals surface area contributed by atoms with Crippen molar-refractivity contribution >= 4 is 30.0 Å². The third-order valence-corrected chi connectivity index (χ3v) is 4.09. The molecule has 3 aromatic heterocycles. The van der Waals surface area contributed by atoms with Gasteiger partial charge in [-0.3, -0.25) is 4.79 Å². The van der Waals surface area contributed by atoms with E-state index in [2.05, 4.69) is 25.4 Å². The maximum atomic E-state index is 14.4. The fourth-order valence-electron chi connectivity index (χ4n) is 2.75. The van der Waals surface area contributed by atoms with Gasteiger partial charge in [-0.05, 0) is 25.1 Å². The van der Waals surface area contributed by atoms with Crippen LogP contribution in [0.1, 0.15) is 22.1 Å². The molecule has 4 rings (SSSR count). The smallest absolute Gasteiger partial charge is 0.436 e. The Hall–Kier alpha value is -3.64. The van der Waals surface area contributed by atoms with Gasteiger partial charge in [-0.1, -0.05) is 0 Å². The number of halogens is 1. The van der Waals surface area contributed by atoms with Crippen LogP contribution in [-0.2, 0) is 0 Å². The summed E-state index contributed by atoms with van der Waals surface area (Å²) in [6.07, 6.45) is 2.55. The lowest BCUT2D eigenvalue weighted by Crippen LogP contribution is -2.31. The molecule has 29 heavy (non-hydrogen) atoms. The lowest BCUT2D eigenvalue weighted by atomic mass is 9.83. The summed E-state index contributed by atoms with van der Waals surface area (Å²) in [7, 11) is -1.72. The summed E-state index contributed by atoms with van der Waals surface area (Å²) >= 11 is 0. The molecule has 1 aromatic carbocycles. The molecule has 0 aliphatic rings. The molecule has 12 heteroatoms. The third kappa shape index (κ3) is 3.58. The molecule has 1 amide bonds. The number of nitrogens with one attached hydrogen (secondary N) is 1. The van der Waals surface area contributed by atoms with Crippen LogP contribution in [0.3, 0.4) is 0 Å². The maximum Gasteiger partial charge on any atom is 0.491 e. The van der Waals surface area contributed by atoms with Crippen molar-refractivity contribution in [1.29, 1.82) is 0 Å². The van der Waals surface area contributed by atoms with Crippen LogP contribution in [0.25, 0.3) is 17.2 Å². The van der Waals surface area contributed by atoms with E-state index in [0.717, 1.165) is 0 Å². The molecule has 146 valence electrons. The van der Waals surface area contributed by atoms with Crippen molar-refractivity contribution in [3.05, 3.63) is 53.8 Å². The van der Waals surface area contributed by atoms with Crippen LogP contribution in [0.2, 0.25) is 0 Å². The molecular weight excluding hydrogens is 382 g/mol. The summed E-state index contributed by atoms with van der Waals surface area (Å²) in [5, 5.41) is 25.2. The van der Waals surface area contributed by atoms with Gasteiger partial charge in [0.2, 0.25) is 5.76 Å². The Morgan fingerprint density at radius 3 is 2.76 bits per heavy atom. The molecule has 3 N–H and O–H groups in total. The molecule has 0 saturated carbocycles. The number of rotatable bonds is 4. The van der Waals surface area contributed by atoms with Crippen LogP contribution in [0, 0.1) is 19.7 Å². The van der Waals surface area contributed by atoms with Crippen LogP contribution >= 0.6 is 0 Å². The highest BCUT2D eigenvalue weighted by Gasteiger charge is 2.19. The van der Waals surface area contributed by atoms with E-state index in [1.54, 1.807) is 13.8 Å². The molecule has 0 atom stereocenters. The van der Waals surface area contributed by atoms with E-state index in [1.165, 1.54) is 35.1 Å². The predicted octanol–water partition coefficient (Wildman–Crippen LogP) is 0.467. The SMILES string of the molecule is Cc1nc(C)c(C(=O)Nc2ccc(F)c(-c3nc4ncc(B(O)O)cn4n3)c2)o1. The summed E-state index contributed by atoms with van der Waals surface area (Å²) < 4.78 is 20.9. The van der Waals surface area contributed by atoms with E-state index in [1.807, 2.05) is 0 Å². The summed E-state index contributed by atoms with van der Waals surface area (Å²) in [5.41, 5.74) is 0.883. The number of oxazole rings is 1. The summed E-state index contributed by atoms with van der Waals surface area (Å²) in [4.78, 5) is 24.5. The molecule has 0 spiro atoms. The number of carbonyl (C=O) groups is 1. The number of amides is 1. The number of anilines is 1. The number of benzene rings is 1. The van der Waals surface area contributed by atoms with Crippen LogP contribution < -0.4 is 10.8 Å². The van der Waals surface area contributed by atoms with Crippen molar-refractivity contribution < 1.29 is 23.7 Å². The molecule has 4 aromatic rings. The van der Waals surface area contributed by atoms with E-state index in [4.69, 9.17) is 4.42 Å². The first-order valence-electron chi connectivity index (χ1n) is 8.45. The first-order chi connectivity index (χ1) is 13.8. The highest BCUT2D eigenvalue weighted by molar-refractivity contribution is 6.58. The molecule has 10 nitrogen and oxygen atoms in total. The van der Waals surface area contributed by atoms with Gasteiger partial charge in [0.05, 0.1) is 11.3 Å². The predicted molar refractivity (Wildman–Crippen MR) is 99.9 cm³/mol. The molecule has 0 saturated heterocycles. The average molecular weight is 396 g/mol. The Morgan fingerprint density at radius 1 is 1.28 bits per heavy atom. The Labute approximate surface area is 163 Å². The van der Waals surface area contributed by atoms with Crippen molar-refractivity contribution in [1.82, 2.24) is 24.6 Å². The quantitative estimate of drug-likeness (QED) is 0.423. The molecule has 3 heterocycles. The second-order valence-corrected chi connectivity index (χ2v) is 6.24. The summed E-state index contributed by atoms with van der Waals surface area (Å²) in [5.74, 6) is -0.534. The minimum Gasteiger partial charge on any atom is -0.436 e. The zero-order chi connectivity index (χ0) is 20.7. The highest BCUT2D eigenvalue weighted by atomic mass is 19.1. The molecular formula is C17H14BFN6O4. The fraction of sp³-hybridized carbons (Fsp3) is 0.118. The molecule has 0 radical (unpaired) electrons. The van der Waals surface area contributed by atoms with Crippen LogP contribution in [0.4, 0.5) is 10.1 Å². The second kappa shape index (κ2) is 7.07. The monoisotopic (exact) mass is 396 g/mol. The second-order valence-electron chi connectivity index (χ2n) is 6.24. The van der Waals surface area contributed by atoms with E-state index < -0.39 is 18.8 Å². The van der Waals surface area contributed by atoms with Crippen molar-refractivity contribution in [3.8, 4) is 11.4 Å². The fourth-order valence-corrected chi connectivity index (χ4v) is 2.75. The average Bonchev–Trinajstić information content (AvgIpc) is 3.24. The van der Waals surface area contributed by atoms with Gasteiger partial charge < -0.3 is 19.8 Å². The zero-order valence-corrected chi connectivity index (χ0v) is 15.3. The minimum atomic E-state index is -1.72. The van der Waals surface area contributed by atoms with Gasteiger partial charge in [0, 0.05) is 30.5 Å². The van der Waals surface area contributed by atoms with Crippen molar-refractivity contribution in [3.63, 3.8) is 0 Å². The molecule has 0 aliphatic carbocycles. The summed E-state index contributed by atoms with van der Waals surface area (Å²) in [6.45, 7) is 3.27. The molecule has 0 bridgehead atoms. The Morgan fingerprint density at radius 2 is 2.07 bits per heavy atom. The third-order valence-electron chi connectivity index (χ3n) is 4.09.